The Bertz CT molecular complexity index is 1050. The molecule has 2 unspecified atom stereocenters. The molecule has 9 heteroatoms. The highest BCUT2D eigenvalue weighted by Gasteiger charge is 2.20. The first-order valence-corrected chi connectivity index (χ1v) is 10.5. The van der Waals surface area contributed by atoms with Gasteiger partial charge in [0.15, 0.2) is 11.6 Å². The Morgan fingerprint density at radius 1 is 1.33 bits per heavy atom. The second kappa shape index (κ2) is 8.79. The monoisotopic (exact) mass is 449 g/mol. The molecule has 0 spiro atoms. The molecule has 158 valence electrons. The lowest BCUT2D eigenvalue weighted by Crippen LogP contribution is -2.26. The van der Waals surface area contributed by atoms with E-state index in [0.717, 1.165) is 30.6 Å². The minimum atomic E-state index is -0.629. The summed E-state index contributed by atoms with van der Waals surface area (Å²) < 4.78 is 21.8. The van der Waals surface area contributed by atoms with Gasteiger partial charge in [0.05, 0.1) is 17.8 Å². The highest BCUT2D eigenvalue weighted by Crippen LogP contribution is 2.36. The van der Waals surface area contributed by atoms with Gasteiger partial charge in [0.1, 0.15) is 11.9 Å². The molecule has 30 heavy (non-hydrogen) atoms. The van der Waals surface area contributed by atoms with Crippen molar-refractivity contribution in [3.8, 4) is 16.9 Å². The van der Waals surface area contributed by atoms with E-state index >= 15 is 0 Å². The van der Waals surface area contributed by atoms with Crippen molar-refractivity contribution in [3.63, 3.8) is 0 Å². The molecule has 1 aliphatic heterocycles. The average Bonchev–Trinajstić information content (AvgIpc) is 3.39. The predicted molar refractivity (Wildman–Crippen MR) is 116 cm³/mol. The Labute approximate surface area is 184 Å². The summed E-state index contributed by atoms with van der Waals surface area (Å²) in [5.74, 6) is 0.0222. The number of hydrogen-bond donors (Lipinski definition) is 2. The third-order valence-corrected chi connectivity index (χ3v) is 5.92. The molecule has 1 fully saturated rings. The Kier molecular flexibility index (Phi) is 6.13. The van der Waals surface area contributed by atoms with Crippen LogP contribution < -0.4 is 15.8 Å². The Balaban J connectivity index is 1.55. The molecule has 1 aromatic carbocycles. The summed E-state index contributed by atoms with van der Waals surface area (Å²) in [7, 11) is 0. The lowest BCUT2D eigenvalue weighted by molar-refractivity contribution is 0.227. The van der Waals surface area contributed by atoms with Crippen molar-refractivity contribution in [3.05, 3.63) is 58.2 Å². The van der Waals surface area contributed by atoms with Gasteiger partial charge < -0.3 is 15.8 Å². The number of nitrogens with zero attached hydrogens (tertiary/aromatic N) is 3. The van der Waals surface area contributed by atoms with Gasteiger partial charge in [0.2, 0.25) is 0 Å². The summed E-state index contributed by atoms with van der Waals surface area (Å²) in [5.41, 5.74) is 8.09. The molecule has 0 amide bonds. The maximum Gasteiger partial charge on any atom is 0.166 e. The van der Waals surface area contributed by atoms with Crippen LogP contribution in [0.1, 0.15) is 31.4 Å². The number of pyridine rings is 1. The Morgan fingerprint density at radius 3 is 2.93 bits per heavy atom. The first-order valence-electron chi connectivity index (χ1n) is 9.74. The number of hydrogen-bond acceptors (Lipinski definition) is 5. The lowest BCUT2D eigenvalue weighted by atomic mass is 10.1. The normalized spacial score (nSPS) is 17.3. The van der Waals surface area contributed by atoms with E-state index in [1.165, 1.54) is 18.6 Å². The van der Waals surface area contributed by atoms with Crippen LogP contribution in [0.25, 0.3) is 11.1 Å². The summed E-state index contributed by atoms with van der Waals surface area (Å²) in [6, 6.07) is 4.90. The van der Waals surface area contributed by atoms with Crippen molar-refractivity contribution in [2.45, 2.75) is 38.5 Å². The number of nitrogen functional groups attached to an aromatic ring is 1. The average molecular weight is 450 g/mol. The van der Waals surface area contributed by atoms with Crippen LogP contribution in [0, 0.1) is 5.82 Å². The molecule has 1 aliphatic rings. The molecular formula is C21H22Cl2FN5O. The van der Waals surface area contributed by atoms with E-state index in [1.54, 1.807) is 25.4 Å². The molecule has 1 saturated heterocycles. The van der Waals surface area contributed by atoms with Crippen LogP contribution >= 0.6 is 23.2 Å². The van der Waals surface area contributed by atoms with E-state index in [2.05, 4.69) is 15.4 Å². The van der Waals surface area contributed by atoms with Crippen LogP contribution in [0.4, 0.5) is 10.2 Å². The zero-order valence-corrected chi connectivity index (χ0v) is 17.9. The van der Waals surface area contributed by atoms with E-state index in [4.69, 9.17) is 33.7 Å². The summed E-state index contributed by atoms with van der Waals surface area (Å²) in [6.07, 6.45) is 7.15. The van der Waals surface area contributed by atoms with Crippen LogP contribution in [0.5, 0.6) is 5.75 Å². The molecule has 0 aliphatic carbocycles. The fourth-order valence-electron chi connectivity index (χ4n) is 3.62. The van der Waals surface area contributed by atoms with E-state index in [0.29, 0.717) is 22.4 Å². The van der Waals surface area contributed by atoms with Gasteiger partial charge >= 0.3 is 0 Å². The smallest absolute Gasteiger partial charge is 0.166 e. The van der Waals surface area contributed by atoms with Crippen LogP contribution in [0.15, 0.2) is 36.8 Å². The first kappa shape index (κ1) is 20.9. The van der Waals surface area contributed by atoms with Crippen molar-refractivity contribution in [2.75, 3.05) is 12.3 Å². The van der Waals surface area contributed by atoms with Crippen LogP contribution in [-0.4, -0.2) is 27.4 Å². The van der Waals surface area contributed by atoms with Crippen LogP contribution in [-0.2, 0) is 6.54 Å². The number of nitrogens with two attached hydrogens (primary N) is 1. The molecule has 0 bridgehead atoms. The molecular weight excluding hydrogens is 428 g/mol. The van der Waals surface area contributed by atoms with E-state index < -0.39 is 11.9 Å². The predicted octanol–water partition coefficient (Wildman–Crippen LogP) is 4.87. The fourth-order valence-corrected chi connectivity index (χ4v) is 4.30. The molecule has 3 N–H and O–H groups in total. The number of benzene rings is 1. The van der Waals surface area contributed by atoms with Gasteiger partial charge in [-0.05, 0) is 44.5 Å². The quantitative estimate of drug-likeness (QED) is 0.525. The van der Waals surface area contributed by atoms with Crippen LogP contribution in [0.3, 0.4) is 0 Å². The number of halogens is 3. The minimum Gasteiger partial charge on any atom is -0.482 e. The molecule has 0 saturated carbocycles. The molecule has 3 aromatic rings. The Hall–Kier alpha value is -2.35. The topological polar surface area (TPSA) is 78.0 Å². The summed E-state index contributed by atoms with van der Waals surface area (Å²) in [6.45, 7) is 3.60. The van der Waals surface area contributed by atoms with Gasteiger partial charge in [0, 0.05) is 40.1 Å². The van der Waals surface area contributed by atoms with Crippen molar-refractivity contribution in [2.24, 2.45) is 0 Å². The molecule has 0 radical (unpaired) electrons. The summed E-state index contributed by atoms with van der Waals surface area (Å²) in [4.78, 5) is 4.24. The Morgan fingerprint density at radius 2 is 2.17 bits per heavy atom. The van der Waals surface area contributed by atoms with Gasteiger partial charge in [0.25, 0.3) is 0 Å². The molecule has 6 nitrogen and oxygen atoms in total. The maximum atomic E-state index is 13.9. The van der Waals surface area contributed by atoms with Crippen LogP contribution in [0.2, 0.25) is 10.0 Å². The zero-order chi connectivity index (χ0) is 21.3. The largest absolute Gasteiger partial charge is 0.482 e. The van der Waals surface area contributed by atoms with Gasteiger partial charge in [-0.1, -0.05) is 23.2 Å². The van der Waals surface area contributed by atoms with E-state index in [9.17, 15) is 4.39 Å². The SMILES string of the molecule is CC(Oc1cc(-c2cnn(CC3CCCN3)c2)cnc1N)c1c(Cl)ccc(F)c1Cl. The first-order chi connectivity index (χ1) is 14.4. The van der Waals surface area contributed by atoms with Gasteiger partial charge in [-0.15, -0.1) is 0 Å². The number of nitrogens with one attached hydrogen (secondary N) is 1. The molecule has 2 aromatic heterocycles. The molecule has 3 heterocycles. The standard InChI is InChI=1S/C21H22Cl2FN5O/c1-12(19-16(22)4-5-17(24)20(19)23)30-18-7-13(8-27-21(18)25)14-9-28-29(10-14)11-15-3-2-6-26-15/h4-5,7-10,12,15,26H,2-3,6,11H2,1H3,(H2,25,27). The third kappa shape index (κ3) is 4.38. The highest BCUT2D eigenvalue weighted by molar-refractivity contribution is 6.36. The second-order valence-corrected chi connectivity index (χ2v) is 8.15. The fraction of sp³-hybridized carbons (Fsp3) is 0.333. The molecule has 4 rings (SSSR count). The number of aromatic nitrogens is 3. The minimum absolute atomic E-state index is 0.0699. The van der Waals surface area contributed by atoms with E-state index in [1.807, 2.05) is 10.9 Å². The maximum absolute atomic E-state index is 13.9. The molecule has 2 atom stereocenters. The second-order valence-electron chi connectivity index (χ2n) is 7.37. The van der Waals surface area contributed by atoms with E-state index in [-0.39, 0.29) is 10.8 Å². The van der Waals surface area contributed by atoms with Gasteiger partial charge in [-0.2, -0.15) is 5.10 Å². The third-order valence-electron chi connectivity index (χ3n) is 5.21. The van der Waals surface area contributed by atoms with Crippen molar-refractivity contribution >= 4 is 29.0 Å². The van der Waals surface area contributed by atoms with Crippen molar-refractivity contribution in [1.82, 2.24) is 20.1 Å². The lowest BCUT2D eigenvalue weighted by Gasteiger charge is -2.19. The summed E-state index contributed by atoms with van der Waals surface area (Å²) >= 11 is 12.3. The van der Waals surface area contributed by atoms with Crippen molar-refractivity contribution in [1.29, 1.82) is 0 Å². The number of rotatable bonds is 6. The van der Waals surface area contributed by atoms with Gasteiger partial charge in [-0.25, -0.2) is 9.37 Å². The summed E-state index contributed by atoms with van der Waals surface area (Å²) in [5, 5.41) is 8.16. The highest BCUT2D eigenvalue weighted by atomic mass is 35.5. The zero-order valence-electron chi connectivity index (χ0n) is 16.4. The van der Waals surface area contributed by atoms with Gasteiger partial charge in [-0.3, -0.25) is 4.68 Å². The van der Waals surface area contributed by atoms with Crippen molar-refractivity contribution < 1.29 is 9.13 Å². The number of anilines is 1. The number of ether oxygens (including phenoxy) is 1.